The van der Waals surface area contributed by atoms with Crippen molar-refractivity contribution in [3.8, 4) is 5.69 Å². The van der Waals surface area contributed by atoms with Crippen molar-refractivity contribution in [1.29, 1.82) is 0 Å². The maximum atomic E-state index is 13.5. The molecule has 1 atom stereocenters. The highest BCUT2D eigenvalue weighted by Gasteiger charge is 2.18. The Hall–Kier alpha value is -2.98. The van der Waals surface area contributed by atoms with Gasteiger partial charge in [0.1, 0.15) is 5.82 Å². The van der Waals surface area contributed by atoms with Crippen LogP contribution < -0.4 is 10.9 Å². The first-order chi connectivity index (χ1) is 14.0. The molecule has 1 aromatic heterocycles. The second kappa shape index (κ2) is 8.18. The number of rotatable bonds is 6. The minimum absolute atomic E-state index is 0.0293. The maximum absolute atomic E-state index is 13.5. The number of nitrogens with zero attached hydrogens (tertiary/aromatic N) is 2. The van der Waals surface area contributed by atoms with Crippen LogP contribution in [0.15, 0.2) is 71.5 Å². The molecule has 1 heterocycles. The molecule has 0 spiro atoms. The average Bonchev–Trinajstić information content (AvgIpc) is 2.73. The van der Waals surface area contributed by atoms with Gasteiger partial charge in [0.2, 0.25) is 0 Å². The normalized spacial score (nSPS) is 12.7. The third kappa shape index (κ3) is 3.94. The Labute approximate surface area is 171 Å². The molecule has 0 aliphatic rings. The van der Waals surface area contributed by atoms with Crippen LogP contribution in [0.25, 0.3) is 27.4 Å². The minimum Gasteiger partial charge on any atom is -0.308 e. The van der Waals surface area contributed by atoms with Crippen LogP contribution in [0.1, 0.15) is 39.1 Å². The van der Waals surface area contributed by atoms with Crippen molar-refractivity contribution in [2.24, 2.45) is 5.92 Å². The van der Waals surface area contributed by atoms with Crippen molar-refractivity contribution in [2.75, 3.05) is 6.54 Å². The molecule has 0 bridgehead atoms. The SMILES string of the molecule is CC(C)CCNC(C)c1nc2ccccc2c(=O)n1-c1ccc2ccccc2c1. The van der Waals surface area contributed by atoms with Gasteiger partial charge in [0.25, 0.3) is 5.56 Å². The molecular weight excluding hydrogens is 358 g/mol. The Balaban J connectivity index is 1.87. The first-order valence-electron chi connectivity index (χ1n) is 10.3. The fourth-order valence-corrected chi connectivity index (χ4v) is 3.69. The highest BCUT2D eigenvalue weighted by Crippen LogP contribution is 2.22. The highest BCUT2D eigenvalue weighted by atomic mass is 16.1. The van der Waals surface area contributed by atoms with E-state index < -0.39 is 0 Å². The molecule has 0 aliphatic heterocycles. The van der Waals surface area contributed by atoms with E-state index in [1.165, 1.54) is 0 Å². The quantitative estimate of drug-likeness (QED) is 0.494. The van der Waals surface area contributed by atoms with Crippen LogP contribution in [-0.2, 0) is 0 Å². The van der Waals surface area contributed by atoms with Gasteiger partial charge in [-0.15, -0.1) is 0 Å². The van der Waals surface area contributed by atoms with Gasteiger partial charge in [0, 0.05) is 0 Å². The third-order valence-corrected chi connectivity index (χ3v) is 5.35. The molecule has 29 heavy (non-hydrogen) atoms. The van der Waals surface area contributed by atoms with Crippen molar-refractivity contribution >= 4 is 21.7 Å². The third-order valence-electron chi connectivity index (χ3n) is 5.35. The number of para-hydroxylation sites is 1. The first kappa shape index (κ1) is 19.3. The Kier molecular flexibility index (Phi) is 5.45. The Morgan fingerprint density at radius 3 is 2.45 bits per heavy atom. The van der Waals surface area contributed by atoms with Crippen molar-refractivity contribution in [1.82, 2.24) is 14.9 Å². The van der Waals surface area contributed by atoms with Gasteiger partial charge < -0.3 is 5.32 Å². The predicted octanol–water partition coefficient (Wildman–Crippen LogP) is 5.24. The molecule has 1 unspecified atom stereocenters. The predicted molar refractivity (Wildman–Crippen MR) is 121 cm³/mol. The van der Waals surface area contributed by atoms with Gasteiger partial charge in [0.05, 0.1) is 22.6 Å². The average molecular weight is 386 g/mol. The second-order valence-corrected chi connectivity index (χ2v) is 8.02. The number of fused-ring (bicyclic) bond motifs is 2. The Bertz CT molecular complexity index is 1210. The Morgan fingerprint density at radius 1 is 0.931 bits per heavy atom. The van der Waals surface area contributed by atoms with Gasteiger partial charge in [-0.05, 0) is 60.8 Å². The highest BCUT2D eigenvalue weighted by molar-refractivity contribution is 5.85. The summed E-state index contributed by atoms with van der Waals surface area (Å²) in [5.74, 6) is 1.37. The molecule has 148 valence electrons. The molecule has 0 saturated heterocycles. The summed E-state index contributed by atoms with van der Waals surface area (Å²) >= 11 is 0. The van der Waals surface area contributed by atoms with Crippen LogP contribution in [0, 0.1) is 5.92 Å². The van der Waals surface area contributed by atoms with Gasteiger partial charge in [-0.25, -0.2) is 4.98 Å². The standard InChI is InChI=1S/C25H27N3O/c1-17(2)14-15-26-18(3)24-27-23-11-7-6-10-22(23)25(29)28(24)21-13-12-19-8-4-5-9-20(19)16-21/h4-13,16-18,26H,14-15H2,1-3H3. The lowest BCUT2D eigenvalue weighted by atomic mass is 10.1. The van der Waals surface area contributed by atoms with E-state index in [4.69, 9.17) is 4.98 Å². The maximum Gasteiger partial charge on any atom is 0.266 e. The monoisotopic (exact) mass is 385 g/mol. The Morgan fingerprint density at radius 2 is 1.66 bits per heavy atom. The topological polar surface area (TPSA) is 46.9 Å². The number of aromatic nitrogens is 2. The zero-order valence-electron chi connectivity index (χ0n) is 17.2. The summed E-state index contributed by atoms with van der Waals surface area (Å²) in [6.45, 7) is 7.39. The molecule has 0 amide bonds. The lowest BCUT2D eigenvalue weighted by Gasteiger charge is -2.20. The summed E-state index contributed by atoms with van der Waals surface area (Å²) in [4.78, 5) is 18.4. The molecule has 0 saturated carbocycles. The van der Waals surface area contributed by atoms with E-state index in [2.05, 4.69) is 50.4 Å². The van der Waals surface area contributed by atoms with E-state index in [-0.39, 0.29) is 11.6 Å². The smallest absolute Gasteiger partial charge is 0.266 e. The summed E-state index contributed by atoms with van der Waals surface area (Å²) in [6.07, 6.45) is 1.08. The molecule has 0 aliphatic carbocycles. The summed E-state index contributed by atoms with van der Waals surface area (Å²) < 4.78 is 1.77. The molecule has 4 aromatic rings. The number of hydrogen-bond donors (Lipinski definition) is 1. The van der Waals surface area contributed by atoms with E-state index in [0.29, 0.717) is 11.3 Å². The largest absolute Gasteiger partial charge is 0.308 e. The van der Waals surface area contributed by atoms with Crippen molar-refractivity contribution in [3.63, 3.8) is 0 Å². The lowest BCUT2D eigenvalue weighted by molar-refractivity contribution is 0.479. The second-order valence-electron chi connectivity index (χ2n) is 8.02. The van der Waals surface area contributed by atoms with Gasteiger partial charge in [0.15, 0.2) is 0 Å². The van der Waals surface area contributed by atoms with E-state index in [0.717, 1.165) is 40.8 Å². The van der Waals surface area contributed by atoms with Crippen LogP contribution in [0.2, 0.25) is 0 Å². The minimum atomic E-state index is -0.0440. The van der Waals surface area contributed by atoms with Crippen LogP contribution in [0.4, 0.5) is 0 Å². The van der Waals surface area contributed by atoms with Crippen LogP contribution in [-0.4, -0.2) is 16.1 Å². The summed E-state index contributed by atoms with van der Waals surface area (Å²) in [5.41, 5.74) is 1.56. The molecule has 4 heteroatoms. The molecule has 0 fully saturated rings. The van der Waals surface area contributed by atoms with Crippen molar-refractivity contribution in [3.05, 3.63) is 82.9 Å². The molecular formula is C25H27N3O. The molecule has 1 N–H and O–H groups in total. The van der Waals surface area contributed by atoms with Gasteiger partial charge in [-0.2, -0.15) is 0 Å². The zero-order valence-corrected chi connectivity index (χ0v) is 17.2. The lowest BCUT2D eigenvalue weighted by Crippen LogP contribution is -2.30. The van der Waals surface area contributed by atoms with Crippen molar-refractivity contribution in [2.45, 2.75) is 33.2 Å². The molecule has 4 rings (SSSR count). The van der Waals surface area contributed by atoms with Gasteiger partial charge in [-0.3, -0.25) is 9.36 Å². The molecule has 0 radical (unpaired) electrons. The van der Waals surface area contributed by atoms with Gasteiger partial charge in [-0.1, -0.05) is 56.3 Å². The van der Waals surface area contributed by atoms with Gasteiger partial charge >= 0.3 is 0 Å². The summed E-state index contributed by atoms with van der Waals surface area (Å²) in [5, 5.41) is 6.45. The number of benzene rings is 3. The van der Waals surface area contributed by atoms with Crippen LogP contribution in [0.5, 0.6) is 0 Å². The van der Waals surface area contributed by atoms with E-state index >= 15 is 0 Å². The van der Waals surface area contributed by atoms with Crippen LogP contribution in [0.3, 0.4) is 0 Å². The summed E-state index contributed by atoms with van der Waals surface area (Å²) in [7, 11) is 0. The summed E-state index contributed by atoms with van der Waals surface area (Å²) in [6, 6.07) is 21.9. The number of nitrogens with one attached hydrogen (secondary N) is 1. The number of hydrogen-bond acceptors (Lipinski definition) is 3. The first-order valence-corrected chi connectivity index (χ1v) is 10.3. The molecule has 4 nitrogen and oxygen atoms in total. The van der Waals surface area contributed by atoms with E-state index in [1.807, 2.05) is 42.5 Å². The van der Waals surface area contributed by atoms with Crippen molar-refractivity contribution < 1.29 is 0 Å². The van der Waals surface area contributed by atoms with E-state index in [9.17, 15) is 4.79 Å². The van der Waals surface area contributed by atoms with Crippen LogP contribution >= 0.6 is 0 Å². The fourth-order valence-electron chi connectivity index (χ4n) is 3.69. The molecule has 3 aromatic carbocycles. The zero-order chi connectivity index (χ0) is 20.4. The van der Waals surface area contributed by atoms with E-state index in [1.54, 1.807) is 4.57 Å². The fraction of sp³-hybridized carbons (Fsp3) is 0.280.